The monoisotopic (exact) mass is 251 g/mol. The third kappa shape index (κ3) is 2.56. The summed E-state index contributed by atoms with van der Waals surface area (Å²) in [5, 5.41) is 8.86. The SMILES string of the molecule is CC(C)Oc1ccc2c(c1)OCN(CCO)C2=O. The van der Waals surface area contributed by atoms with Gasteiger partial charge in [-0.25, -0.2) is 0 Å². The van der Waals surface area contributed by atoms with Crippen LogP contribution in [0, 0.1) is 0 Å². The first kappa shape index (κ1) is 12.7. The van der Waals surface area contributed by atoms with Gasteiger partial charge in [-0.2, -0.15) is 0 Å². The Labute approximate surface area is 106 Å². The number of rotatable bonds is 4. The quantitative estimate of drug-likeness (QED) is 0.875. The van der Waals surface area contributed by atoms with Crippen molar-refractivity contribution in [1.29, 1.82) is 0 Å². The Morgan fingerprint density at radius 1 is 1.50 bits per heavy atom. The van der Waals surface area contributed by atoms with E-state index in [1.165, 1.54) is 4.90 Å². The molecule has 5 heteroatoms. The Balaban J connectivity index is 2.21. The molecular formula is C13H17NO4. The number of carbonyl (C=O) groups is 1. The standard InChI is InChI=1S/C13H17NO4/c1-9(2)18-10-3-4-11-12(7-10)17-8-14(5-6-15)13(11)16/h3-4,7,9,15H,5-6,8H2,1-2H3. The van der Waals surface area contributed by atoms with Crippen LogP contribution in [0.2, 0.25) is 0 Å². The fraction of sp³-hybridized carbons (Fsp3) is 0.462. The first-order valence-corrected chi connectivity index (χ1v) is 5.95. The fourth-order valence-corrected chi connectivity index (χ4v) is 1.81. The van der Waals surface area contributed by atoms with E-state index in [0.717, 1.165) is 0 Å². The lowest BCUT2D eigenvalue weighted by atomic mass is 10.1. The highest BCUT2D eigenvalue weighted by molar-refractivity contribution is 5.97. The van der Waals surface area contributed by atoms with Crippen molar-refractivity contribution in [2.75, 3.05) is 19.9 Å². The summed E-state index contributed by atoms with van der Waals surface area (Å²) in [5.74, 6) is 1.10. The van der Waals surface area contributed by atoms with Crippen molar-refractivity contribution in [3.8, 4) is 11.5 Å². The van der Waals surface area contributed by atoms with E-state index in [9.17, 15) is 4.79 Å². The number of nitrogens with zero attached hydrogens (tertiary/aromatic N) is 1. The van der Waals surface area contributed by atoms with Gasteiger partial charge in [-0.15, -0.1) is 0 Å². The minimum atomic E-state index is -0.124. The third-order valence-electron chi connectivity index (χ3n) is 2.59. The normalized spacial score (nSPS) is 14.4. The van der Waals surface area contributed by atoms with Crippen molar-refractivity contribution in [1.82, 2.24) is 4.90 Å². The second-order valence-corrected chi connectivity index (χ2v) is 4.39. The fourth-order valence-electron chi connectivity index (χ4n) is 1.81. The van der Waals surface area contributed by atoms with E-state index >= 15 is 0 Å². The average molecular weight is 251 g/mol. The molecule has 0 aromatic heterocycles. The van der Waals surface area contributed by atoms with E-state index in [-0.39, 0.29) is 31.9 Å². The molecule has 1 aliphatic heterocycles. The van der Waals surface area contributed by atoms with Gasteiger partial charge in [0.15, 0.2) is 6.73 Å². The van der Waals surface area contributed by atoms with E-state index < -0.39 is 0 Å². The molecule has 0 bridgehead atoms. The lowest BCUT2D eigenvalue weighted by Crippen LogP contribution is -2.40. The Hall–Kier alpha value is -1.75. The summed E-state index contributed by atoms with van der Waals surface area (Å²) in [7, 11) is 0. The first-order valence-electron chi connectivity index (χ1n) is 5.95. The van der Waals surface area contributed by atoms with Crippen LogP contribution in [-0.4, -0.2) is 41.9 Å². The number of carbonyl (C=O) groups excluding carboxylic acids is 1. The molecule has 1 N–H and O–H groups in total. The van der Waals surface area contributed by atoms with Crippen molar-refractivity contribution in [3.05, 3.63) is 23.8 Å². The average Bonchev–Trinajstić information content (AvgIpc) is 2.32. The predicted octanol–water partition coefficient (Wildman–Crippen LogP) is 1.26. The summed E-state index contributed by atoms with van der Waals surface area (Å²) in [5.41, 5.74) is 0.505. The predicted molar refractivity (Wildman–Crippen MR) is 65.8 cm³/mol. The molecule has 18 heavy (non-hydrogen) atoms. The molecule has 0 aliphatic carbocycles. The summed E-state index contributed by atoms with van der Waals surface area (Å²) in [6.07, 6.45) is 0.0771. The zero-order valence-electron chi connectivity index (χ0n) is 10.5. The zero-order chi connectivity index (χ0) is 13.1. The van der Waals surface area contributed by atoms with Gasteiger partial charge in [0.25, 0.3) is 5.91 Å². The molecular weight excluding hydrogens is 234 g/mol. The van der Waals surface area contributed by atoms with Gasteiger partial charge in [0, 0.05) is 12.6 Å². The van der Waals surface area contributed by atoms with Crippen LogP contribution in [0.1, 0.15) is 24.2 Å². The van der Waals surface area contributed by atoms with E-state index in [1.807, 2.05) is 13.8 Å². The molecule has 0 fully saturated rings. The molecule has 0 saturated heterocycles. The van der Waals surface area contributed by atoms with Gasteiger partial charge < -0.3 is 19.5 Å². The number of hydrogen-bond acceptors (Lipinski definition) is 4. The van der Waals surface area contributed by atoms with Crippen molar-refractivity contribution in [2.24, 2.45) is 0 Å². The maximum atomic E-state index is 12.0. The second-order valence-electron chi connectivity index (χ2n) is 4.39. The van der Waals surface area contributed by atoms with E-state index in [0.29, 0.717) is 17.1 Å². The van der Waals surface area contributed by atoms with Crippen LogP contribution in [0.5, 0.6) is 11.5 Å². The van der Waals surface area contributed by atoms with Crippen molar-refractivity contribution in [2.45, 2.75) is 20.0 Å². The van der Waals surface area contributed by atoms with Crippen LogP contribution < -0.4 is 9.47 Å². The molecule has 0 spiro atoms. The maximum Gasteiger partial charge on any atom is 0.260 e. The number of amides is 1. The van der Waals surface area contributed by atoms with E-state index in [4.69, 9.17) is 14.6 Å². The maximum absolute atomic E-state index is 12.0. The van der Waals surface area contributed by atoms with Gasteiger partial charge in [0.05, 0.1) is 18.3 Å². The second kappa shape index (κ2) is 5.27. The van der Waals surface area contributed by atoms with Gasteiger partial charge in [0.2, 0.25) is 0 Å². The van der Waals surface area contributed by atoms with Crippen LogP contribution in [0.15, 0.2) is 18.2 Å². The topological polar surface area (TPSA) is 59.0 Å². The smallest absolute Gasteiger partial charge is 0.260 e. The number of benzene rings is 1. The number of aliphatic hydroxyl groups excluding tert-OH is 1. The molecule has 1 heterocycles. The molecule has 1 aromatic rings. The number of fused-ring (bicyclic) bond motifs is 1. The van der Waals surface area contributed by atoms with Crippen molar-refractivity contribution >= 4 is 5.91 Å². The molecule has 0 saturated carbocycles. The Morgan fingerprint density at radius 2 is 2.28 bits per heavy atom. The van der Waals surface area contributed by atoms with Gasteiger partial charge in [-0.3, -0.25) is 4.79 Å². The van der Waals surface area contributed by atoms with Gasteiger partial charge in [0.1, 0.15) is 11.5 Å². The molecule has 98 valence electrons. The molecule has 2 rings (SSSR count). The van der Waals surface area contributed by atoms with Crippen molar-refractivity contribution in [3.63, 3.8) is 0 Å². The molecule has 5 nitrogen and oxygen atoms in total. The van der Waals surface area contributed by atoms with Crippen LogP contribution in [0.4, 0.5) is 0 Å². The Bertz CT molecular complexity index is 445. The minimum Gasteiger partial charge on any atom is -0.491 e. The van der Waals surface area contributed by atoms with E-state index in [1.54, 1.807) is 18.2 Å². The summed E-state index contributed by atoms with van der Waals surface area (Å²) < 4.78 is 11.0. The van der Waals surface area contributed by atoms with Crippen LogP contribution in [0.3, 0.4) is 0 Å². The Morgan fingerprint density at radius 3 is 2.94 bits per heavy atom. The van der Waals surface area contributed by atoms with Crippen molar-refractivity contribution < 1.29 is 19.4 Å². The van der Waals surface area contributed by atoms with E-state index in [2.05, 4.69) is 0 Å². The number of β-amino-alcohol motifs (C(OH)–C–C–N with tert-alkyl or cyclic N) is 1. The largest absolute Gasteiger partial charge is 0.491 e. The first-order chi connectivity index (χ1) is 8.61. The summed E-state index contributed by atoms with van der Waals surface area (Å²) in [6, 6.07) is 5.17. The number of hydrogen-bond donors (Lipinski definition) is 1. The highest BCUT2D eigenvalue weighted by Crippen LogP contribution is 2.29. The Kier molecular flexibility index (Phi) is 3.72. The van der Waals surface area contributed by atoms with Crippen LogP contribution >= 0.6 is 0 Å². The summed E-state index contributed by atoms with van der Waals surface area (Å²) >= 11 is 0. The minimum absolute atomic E-state index is 0.0705. The number of ether oxygens (including phenoxy) is 2. The van der Waals surface area contributed by atoms with Gasteiger partial charge >= 0.3 is 0 Å². The molecule has 1 aliphatic rings. The lowest BCUT2D eigenvalue weighted by Gasteiger charge is -2.28. The highest BCUT2D eigenvalue weighted by atomic mass is 16.5. The molecule has 0 unspecified atom stereocenters. The van der Waals surface area contributed by atoms with Gasteiger partial charge in [-0.1, -0.05) is 0 Å². The summed E-state index contributed by atoms with van der Waals surface area (Å²) in [4.78, 5) is 13.5. The molecule has 0 radical (unpaired) electrons. The summed E-state index contributed by atoms with van der Waals surface area (Å²) in [6.45, 7) is 4.25. The van der Waals surface area contributed by atoms with Gasteiger partial charge in [-0.05, 0) is 26.0 Å². The lowest BCUT2D eigenvalue weighted by molar-refractivity contribution is 0.0468. The van der Waals surface area contributed by atoms with Crippen LogP contribution in [-0.2, 0) is 0 Å². The molecule has 1 aromatic carbocycles. The zero-order valence-corrected chi connectivity index (χ0v) is 10.5. The third-order valence-corrected chi connectivity index (χ3v) is 2.59. The highest BCUT2D eigenvalue weighted by Gasteiger charge is 2.25. The number of aliphatic hydroxyl groups is 1. The molecule has 0 atom stereocenters. The van der Waals surface area contributed by atoms with Crippen LogP contribution in [0.25, 0.3) is 0 Å². The molecule has 1 amide bonds.